The summed E-state index contributed by atoms with van der Waals surface area (Å²) >= 11 is 6.44. The van der Waals surface area contributed by atoms with Crippen LogP contribution in [0.4, 0.5) is 5.82 Å². The number of likely N-dealkylation sites (tertiary alicyclic amines) is 1. The van der Waals surface area contributed by atoms with Crippen LogP contribution in [0.15, 0.2) is 60.8 Å². The third kappa shape index (κ3) is 5.82. The van der Waals surface area contributed by atoms with Crippen LogP contribution in [0.2, 0.25) is 5.02 Å². The standard InChI is InChI=1S/C30H25ClN6O4/c31-23-13-20(29(39)37-12-2-1-3-26(37)30(40)41)11-10-18(23)7-4-17-5-8-19(9-6-17)24-14-21(28(38)36-33)22-16-34-27(32)15-25(22)35-24/h5-6,8-11,13-16,26H,1-3,12,33H2,(H2,32,34)(H,36,38)(H,40,41). The summed E-state index contributed by atoms with van der Waals surface area (Å²) in [6, 6.07) is 14.5. The van der Waals surface area contributed by atoms with Gasteiger partial charge in [-0.15, -0.1) is 0 Å². The topological polar surface area (TPSA) is 165 Å². The highest BCUT2D eigenvalue weighted by Gasteiger charge is 2.32. The predicted molar refractivity (Wildman–Crippen MR) is 155 cm³/mol. The van der Waals surface area contributed by atoms with Crippen molar-refractivity contribution in [3.05, 3.63) is 88.1 Å². The third-order valence-electron chi connectivity index (χ3n) is 6.88. The first kappa shape index (κ1) is 27.6. The molecule has 1 aliphatic rings. The van der Waals surface area contributed by atoms with E-state index in [4.69, 9.17) is 23.2 Å². The summed E-state index contributed by atoms with van der Waals surface area (Å²) in [5.41, 5.74) is 11.6. The molecule has 1 saturated heterocycles. The van der Waals surface area contributed by atoms with Gasteiger partial charge in [-0.3, -0.25) is 15.0 Å². The number of nitrogens with two attached hydrogens (primary N) is 2. The van der Waals surface area contributed by atoms with Crippen LogP contribution in [-0.4, -0.2) is 50.3 Å². The molecular formula is C30H25ClN6O4. The molecule has 11 heteroatoms. The van der Waals surface area contributed by atoms with Gasteiger partial charge in [0.05, 0.1) is 21.8 Å². The van der Waals surface area contributed by atoms with Gasteiger partial charge in [0.1, 0.15) is 11.9 Å². The zero-order valence-corrected chi connectivity index (χ0v) is 22.5. The van der Waals surface area contributed by atoms with E-state index in [1.165, 1.54) is 17.2 Å². The Balaban J connectivity index is 1.37. The van der Waals surface area contributed by atoms with Gasteiger partial charge in [0.25, 0.3) is 11.8 Å². The van der Waals surface area contributed by atoms with Crippen LogP contribution < -0.4 is 17.0 Å². The number of carboxylic acids is 1. The highest BCUT2D eigenvalue weighted by molar-refractivity contribution is 6.32. The van der Waals surface area contributed by atoms with Gasteiger partial charge in [-0.25, -0.2) is 20.6 Å². The smallest absolute Gasteiger partial charge is 0.326 e. The number of pyridine rings is 2. The molecule has 3 heterocycles. The van der Waals surface area contributed by atoms with Gasteiger partial charge in [-0.05, 0) is 55.7 Å². The highest BCUT2D eigenvalue weighted by atomic mass is 35.5. The second-order valence-corrected chi connectivity index (χ2v) is 9.93. The van der Waals surface area contributed by atoms with Gasteiger partial charge in [0.15, 0.2) is 0 Å². The number of piperidine rings is 1. The number of amides is 2. The molecule has 4 aromatic rings. The lowest BCUT2D eigenvalue weighted by Crippen LogP contribution is -2.47. The lowest BCUT2D eigenvalue weighted by atomic mass is 10.0. The number of fused-ring (bicyclic) bond motifs is 1. The maximum atomic E-state index is 13.0. The largest absolute Gasteiger partial charge is 0.480 e. The van der Waals surface area contributed by atoms with Gasteiger partial charge < -0.3 is 15.7 Å². The minimum absolute atomic E-state index is 0.277. The molecule has 0 radical (unpaired) electrons. The molecule has 41 heavy (non-hydrogen) atoms. The molecule has 2 amide bonds. The van der Waals surface area contributed by atoms with Crippen LogP contribution in [0.1, 0.15) is 51.1 Å². The molecule has 206 valence electrons. The number of carboxylic acid groups (broad SMARTS) is 1. The van der Waals surface area contributed by atoms with Crippen molar-refractivity contribution < 1.29 is 19.5 Å². The number of nitrogen functional groups attached to an aromatic ring is 2. The second kappa shape index (κ2) is 11.6. The Morgan fingerprint density at radius 3 is 2.54 bits per heavy atom. The summed E-state index contributed by atoms with van der Waals surface area (Å²) in [5.74, 6) is 9.88. The Kier molecular flexibility index (Phi) is 7.83. The van der Waals surface area contributed by atoms with Crippen molar-refractivity contribution in [3.8, 4) is 23.1 Å². The molecule has 2 aromatic carbocycles. The lowest BCUT2D eigenvalue weighted by Gasteiger charge is -2.33. The predicted octanol–water partition coefficient (Wildman–Crippen LogP) is 3.62. The van der Waals surface area contributed by atoms with Crippen molar-refractivity contribution >= 4 is 46.1 Å². The summed E-state index contributed by atoms with van der Waals surface area (Å²) in [5, 5.41) is 10.3. The number of carbonyl (C=O) groups is 3. The van der Waals surface area contributed by atoms with Crippen molar-refractivity contribution in [1.82, 2.24) is 20.3 Å². The number of hydrogen-bond donors (Lipinski definition) is 4. The van der Waals surface area contributed by atoms with Gasteiger partial charge in [0.2, 0.25) is 0 Å². The average Bonchev–Trinajstić information content (AvgIpc) is 2.99. The molecule has 1 aliphatic heterocycles. The van der Waals surface area contributed by atoms with E-state index in [0.717, 1.165) is 18.4 Å². The first-order chi connectivity index (χ1) is 19.7. The molecule has 1 atom stereocenters. The van der Waals surface area contributed by atoms with E-state index in [-0.39, 0.29) is 11.7 Å². The van der Waals surface area contributed by atoms with Crippen LogP contribution in [0.3, 0.4) is 0 Å². The number of halogens is 1. The number of hydrazine groups is 1. The molecule has 0 spiro atoms. The SMILES string of the molecule is NNC(=O)c1cc(-c2ccc(C#Cc3ccc(C(=O)N4CCCCC4C(=O)O)cc3Cl)cc2)nc2cc(N)ncc12. The summed E-state index contributed by atoms with van der Waals surface area (Å²) in [6.45, 7) is 0.395. The highest BCUT2D eigenvalue weighted by Crippen LogP contribution is 2.26. The number of nitrogens with zero attached hydrogens (tertiary/aromatic N) is 3. The first-order valence-electron chi connectivity index (χ1n) is 12.8. The second-order valence-electron chi connectivity index (χ2n) is 9.53. The molecule has 5 rings (SSSR count). The van der Waals surface area contributed by atoms with Gasteiger partial charge in [-0.2, -0.15) is 0 Å². The van der Waals surface area contributed by atoms with Crippen LogP contribution in [0.5, 0.6) is 0 Å². The summed E-state index contributed by atoms with van der Waals surface area (Å²) in [7, 11) is 0. The minimum atomic E-state index is -1.00. The van der Waals surface area contributed by atoms with E-state index in [9.17, 15) is 19.5 Å². The normalized spacial score (nSPS) is 14.7. The number of aromatic nitrogens is 2. The summed E-state index contributed by atoms with van der Waals surface area (Å²) < 4.78 is 0. The van der Waals surface area contributed by atoms with Crippen molar-refractivity contribution in [2.45, 2.75) is 25.3 Å². The van der Waals surface area contributed by atoms with Crippen molar-refractivity contribution in [3.63, 3.8) is 0 Å². The number of hydrogen-bond acceptors (Lipinski definition) is 7. The first-order valence-corrected chi connectivity index (χ1v) is 13.2. The van der Waals surface area contributed by atoms with Crippen LogP contribution in [0.25, 0.3) is 22.2 Å². The molecule has 2 aromatic heterocycles. The molecule has 10 nitrogen and oxygen atoms in total. The fourth-order valence-electron chi connectivity index (χ4n) is 4.76. The number of aliphatic carboxylic acids is 1. The van der Waals surface area contributed by atoms with E-state index in [2.05, 4.69) is 27.2 Å². The Bertz CT molecular complexity index is 1750. The summed E-state index contributed by atoms with van der Waals surface area (Å²) in [6.07, 6.45) is 3.46. The third-order valence-corrected chi connectivity index (χ3v) is 7.19. The van der Waals surface area contributed by atoms with E-state index < -0.39 is 17.9 Å². The van der Waals surface area contributed by atoms with Crippen molar-refractivity contribution in [1.29, 1.82) is 0 Å². The fourth-order valence-corrected chi connectivity index (χ4v) is 4.99. The van der Waals surface area contributed by atoms with Crippen LogP contribution in [0, 0.1) is 11.8 Å². The molecule has 1 fully saturated rings. The molecule has 6 N–H and O–H groups in total. The quantitative estimate of drug-likeness (QED) is 0.125. The number of benzene rings is 2. The Labute approximate surface area is 240 Å². The number of carbonyl (C=O) groups excluding carboxylic acids is 2. The Morgan fingerprint density at radius 2 is 1.83 bits per heavy atom. The number of nitrogens with one attached hydrogen (secondary N) is 1. The van der Waals surface area contributed by atoms with Crippen LogP contribution in [-0.2, 0) is 4.79 Å². The van der Waals surface area contributed by atoms with Crippen LogP contribution >= 0.6 is 11.6 Å². The van der Waals surface area contributed by atoms with Crippen molar-refractivity contribution in [2.75, 3.05) is 12.3 Å². The van der Waals surface area contributed by atoms with Gasteiger partial charge >= 0.3 is 5.97 Å². The molecule has 0 saturated carbocycles. The van der Waals surface area contributed by atoms with E-state index in [1.54, 1.807) is 24.3 Å². The number of anilines is 1. The zero-order valence-electron chi connectivity index (χ0n) is 21.7. The molecular weight excluding hydrogens is 544 g/mol. The zero-order chi connectivity index (χ0) is 29.1. The molecule has 1 unspecified atom stereocenters. The Morgan fingerprint density at radius 1 is 1.05 bits per heavy atom. The number of rotatable bonds is 4. The van der Waals surface area contributed by atoms with Gasteiger partial charge in [-0.1, -0.05) is 35.6 Å². The van der Waals surface area contributed by atoms with Gasteiger partial charge in [0, 0.05) is 46.4 Å². The Hall–Kier alpha value is -4.98. The fraction of sp³-hybridized carbons (Fsp3) is 0.167. The van der Waals surface area contributed by atoms with E-state index in [0.29, 0.717) is 56.8 Å². The lowest BCUT2D eigenvalue weighted by molar-refractivity contribution is -0.143. The van der Waals surface area contributed by atoms with Crippen molar-refractivity contribution in [2.24, 2.45) is 5.84 Å². The molecule has 0 bridgehead atoms. The summed E-state index contributed by atoms with van der Waals surface area (Å²) in [4.78, 5) is 47.0. The average molecular weight is 569 g/mol. The van der Waals surface area contributed by atoms with E-state index in [1.807, 2.05) is 24.3 Å². The maximum Gasteiger partial charge on any atom is 0.326 e. The van der Waals surface area contributed by atoms with E-state index >= 15 is 0 Å². The monoisotopic (exact) mass is 568 g/mol. The maximum absolute atomic E-state index is 13.0. The minimum Gasteiger partial charge on any atom is -0.480 e. The molecule has 0 aliphatic carbocycles.